The summed E-state index contributed by atoms with van der Waals surface area (Å²) >= 11 is 0. The Morgan fingerprint density at radius 1 is 1.32 bits per heavy atom. The van der Waals surface area contributed by atoms with Gasteiger partial charge in [-0.15, -0.1) is 0 Å². The normalized spacial score (nSPS) is 15.9. The molecule has 0 amide bonds. The second-order valence-corrected chi connectivity index (χ2v) is 6.25. The van der Waals surface area contributed by atoms with Crippen molar-refractivity contribution >= 4 is 17.5 Å². The number of alkyl halides is 3. The smallest absolute Gasteiger partial charge is 0.416 e. The van der Waals surface area contributed by atoms with Gasteiger partial charge in [-0.05, 0) is 25.1 Å². The van der Waals surface area contributed by atoms with Crippen molar-refractivity contribution in [2.24, 2.45) is 4.99 Å². The summed E-state index contributed by atoms with van der Waals surface area (Å²) in [6.45, 7) is 6.52. The van der Waals surface area contributed by atoms with Crippen molar-refractivity contribution in [1.82, 2.24) is 5.43 Å². The van der Waals surface area contributed by atoms with Gasteiger partial charge in [-0.3, -0.25) is 15.8 Å². The Bertz CT molecular complexity index is 662. The SMILES string of the molecule is CCOC(=O)C(=NCCC[NH+]1CCOCC1)NNc1cccc(C(F)(F)F)c1. The Hall–Kier alpha value is -2.33. The average molecular weight is 403 g/mol. The summed E-state index contributed by atoms with van der Waals surface area (Å²) < 4.78 is 48.6. The molecule has 0 spiro atoms. The molecule has 3 N–H and O–H groups in total. The number of amidine groups is 1. The third-order valence-electron chi connectivity index (χ3n) is 4.14. The fourth-order valence-corrected chi connectivity index (χ4v) is 2.69. The standard InChI is InChI=1S/C18H25F3N4O3/c1-2-28-17(26)16(22-7-4-8-25-9-11-27-12-10-25)24-23-15-6-3-5-14(13-15)18(19,20)21/h3,5-6,13,23H,2,4,7-12H2,1H3,(H,22,24)/p+1. The molecule has 10 heteroatoms. The molecule has 0 aliphatic carbocycles. The van der Waals surface area contributed by atoms with Gasteiger partial charge in [0.15, 0.2) is 0 Å². The van der Waals surface area contributed by atoms with Crippen molar-refractivity contribution in [2.75, 3.05) is 51.4 Å². The van der Waals surface area contributed by atoms with E-state index in [1.807, 2.05) is 0 Å². The highest BCUT2D eigenvalue weighted by Crippen LogP contribution is 2.30. The Kier molecular flexibility index (Phi) is 8.52. The number of quaternary nitrogens is 1. The fourth-order valence-electron chi connectivity index (χ4n) is 2.69. The number of esters is 1. The number of benzene rings is 1. The molecule has 0 bridgehead atoms. The monoisotopic (exact) mass is 403 g/mol. The van der Waals surface area contributed by atoms with Crippen LogP contribution in [0.5, 0.6) is 0 Å². The Labute approximate surface area is 161 Å². The lowest BCUT2D eigenvalue weighted by Crippen LogP contribution is -3.14. The lowest BCUT2D eigenvalue weighted by atomic mass is 10.2. The summed E-state index contributed by atoms with van der Waals surface area (Å²) in [5.41, 5.74) is 4.52. The van der Waals surface area contributed by atoms with Crippen LogP contribution in [0, 0.1) is 0 Å². The van der Waals surface area contributed by atoms with E-state index < -0.39 is 17.7 Å². The summed E-state index contributed by atoms with van der Waals surface area (Å²) in [6, 6.07) is 4.64. The van der Waals surface area contributed by atoms with Gasteiger partial charge >= 0.3 is 12.1 Å². The predicted molar refractivity (Wildman–Crippen MR) is 98.1 cm³/mol. The largest absolute Gasteiger partial charge is 0.460 e. The number of nitrogens with zero attached hydrogens (tertiary/aromatic N) is 1. The molecule has 0 atom stereocenters. The number of hydrogen-bond donors (Lipinski definition) is 3. The zero-order valence-corrected chi connectivity index (χ0v) is 15.8. The molecular weight excluding hydrogens is 377 g/mol. The van der Waals surface area contributed by atoms with E-state index in [1.165, 1.54) is 17.0 Å². The molecule has 0 saturated carbocycles. The zero-order chi connectivity index (χ0) is 20.4. The third kappa shape index (κ3) is 7.35. The molecule has 1 aliphatic heterocycles. The highest BCUT2D eigenvalue weighted by molar-refractivity contribution is 6.35. The minimum atomic E-state index is -4.45. The van der Waals surface area contributed by atoms with Gasteiger partial charge in [0.05, 0.1) is 37.6 Å². The van der Waals surface area contributed by atoms with E-state index in [0.717, 1.165) is 51.4 Å². The maximum atomic E-state index is 12.8. The first-order valence-corrected chi connectivity index (χ1v) is 9.22. The maximum Gasteiger partial charge on any atom is 0.416 e. The highest BCUT2D eigenvalue weighted by atomic mass is 19.4. The zero-order valence-electron chi connectivity index (χ0n) is 15.8. The van der Waals surface area contributed by atoms with E-state index in [2.05, 4.69) is 15.8 Å². The van der Waals surface area contributed by atoms with Crippen molar-refractivity contribution < 1.29 is 32.3 Å². The molecule has 0 radical (unpaired) electrons. The van der Waals surface area contributed by atoms with Gasteiger partial charge in [-0.2, -0.15) is 13.2 Å². The molecule has 1 saturated heterocycles. The van der Waals surface area contributed by atoms with Crippen LogP contribution in [0.2, 0.25) is 0 Å². The van der Waals surface area contributed by atoms with Crippen molar-refractivity contribution in [2.45, 2.75) is 19.5 Å². The number of hydrogen-bond acceptors (Lipinski definition) is 5. The minimum absolute atomic E-state index is 0.0729. The van der Waals surface area contributed by atoms with E-state index in [4.69, 9.17) is 9.47 Å². The second kappa shape index (κ2) is 10.9. The molecule has 1 aromatic carbocycles. The minimum Gasteiger partial charge on any atom is -0.460 e. The van der Waals surface area contributed by atoms with Crippen LogP contribution in [0.25, 0.3) is 0 Å². The molecule has 7 nitrogen and oxygen atoms in total. The fraction of sp³-hybridized carbons (Fsp3) is 0.556. The lowest BCUT2D eigenvalue weighted by Gasteiger charge is -2.23. The number of anilines is 1. The molecule has 1 aliphatic rings. The lowest BCUT2D eigenvalue weighted by molar-refractivity contribution is -0.908. The molecule has 0 unspecified atom stereocenters. The van der Waals surface area contributed by atoms with Crippen molar-refractivity contribution in [1.29, 1.82) is 0 Å². The van der Waals surface area contributed by atoms with Gasteiger partial charge in [-0.25, -0.2) is 4.79 Å². The number of halogens is 3. The van der Waals surface area contributed by atoms with Crippen LogP contribution in [-0.2, 0) is 20.4 Å². The number of carbonyl (C=O) groups is 1. The van der Waals surface area contributed by atoms with Crippen molar-refractivity contribution in [3.05, 3.63) is 29.8 Å². The number of hydrazine groups is 1. The molecule has 28 heavy (non-hydrogen) atoms. The molecule has 0 aromatic heterocycles. The molecular formula is C18H26F3N4O3+. The van der Waals surface area contributed by atoms with Gasteiger partial charge in [0.1, 0.15) is 13.1 Å². The molecule has 2 rings (SSSR count). The van der Waals surface area contributed by atoms with Crippen LogP contribution in [0.1, 0.15) is 18.9 Å². The summed E-state index contributed by atoms with van der Waals surface area (Å²) in [4.78, 5) is 17.7. The Balaban J connectivity index is 1.92. The average Bonchev–Trinajstić information content (AvgIpc) is 2.68. The predicted octanol–water partition coefficient (Wildman–Crippen LogP) is 0.889. The quantitative estimate of drug-likeness (QED) is 0.207. The summed E-state index contributed by atoms with van der Waals surface area (Å²) in [5, 5.41) is 0. The molecule has 156 valence electrons. The van der Waals surface area contributed by atoms with E-state index in [-0.39, 0.29) is 18.1 Å². The van der Waals surface area contributed by atoms with Crippen LogP contribution in [0.15, 0.2) is 29.3 Å². The van der Waals surface area contributed by atoms with Crippen LogP contribution in [0.4, 0.5) is 18.9 Å². The topological polar surface area (TPSA) is 76.4 Å². The third-order valence-corrected chi connectivity index (χ3v) is 4.14. The number of ether oxygens (including phenoxy) is 2. The van der Waals surface area contributed by atoms with Crippen LogP contribution in [0.3, 0.4) is 0 Å². The van der Waals surface area contributed by atoms with Crippen LogP contribution < -0.4 is 15.8 Å². The van der Waals surface area contributed by atoms with Gasteiger partial charge < -0.3 is 14.4 Å². The van der Waals surface area contributed by atoms with Crippen LogP contribution in [-0.4, -0.2) is 57.8 Å². The highest BCUT2D eigenvalue weighted by Gasteiger charge is 2.30. The van der Waals surface area contributed by atoms with Crippen LogP contribution >= 0.6 is 0 Å². The molecule has 1 aromatic rings. The van der Waals surface area contributed by atoms with E-state index in [0.29, 0.717) is 6.54 Å². The van der Waals surface area contributed by atoms with Gasteiger partial charge in [0, 0.05) is 13.0 Å². The number of rotatable bonds is 7. The van der Waals surface area contributed by atoms with Gasteiger partial charge in [-0.1, -0.05) is 6.07 Å². The van der Waals surface area contributed by atoms with Gasteiger partial charge in [0.25, 0.3) is 0 Å². The molecule has 1 heterocycles. The summed E-state index contributed by atoms with van der Waals surface area (Å²) in [6.07, 6.45) is -3.68. The Morgan fingerprint density at radius 3 is 2.75 bits per heavy atom. The molecule has 1 fully saturated rings. The van der Waals surface area contributed by atoms with E-state index in [9.17, 15) is 18.0 Å². The van der Waals surface area contributed by atoms with Crippen molar-refractivity contribution in [3.8, 4) is 0 Å². The van der Waals surface area contributed by atoms with Gasteiger partial charge in [0.2, 0.25) is 5.84 Å². The maximum absolute atomic E-state index is 12.8. The number of nitrogens with one attached hydrogen (secondary N) is 3. The first-order chi connectivity index (χ1) is 13.4. The Morgan fingerprint density at radius 2 is 2.07 bits per heavy atom. The number of aliphatic imine (C=N–C) groups is 1. The second-order valence-electron chi connectivity index (χ2n) is 6.25. The first-order valence-electron chi connectivity index (χ1n) is 9.22. The van der Waals surface area contributed by atoms with E-state index >= 15 is 0 Å². The van der Waals surface area contributed by atoms with Crippen molar-refractivity contribution in [3.63, 3.8) is 0 Å². The van der Waals surface area contributed by atoms with E-state index in [1.54, 1.807) is 6.92 Å². The summed E-state index contributed by atoms with van der Waals surface area (Å²) in [7, 11) is 0. The summed E-state index contributed by atoms with van der Waals surface area (Å²) in [5.74, 6) is -0.739. The first kappa shape index (κ1) is 22.0. The number of morpholine rings is 1. The number of carbonyl (C=O) groups excluding carboxylic acids is 1.